The molecule has 0 atom stereocenters. The van der Waals surface area contributed by atoms with Crippen molar-refractivity contribution in [3.05, 3.63) is 28.8 Å². The van der Waals surface area contributed by atoms with Crippen LogP contribution in [0.3, 0.4) is 0 Å². The lowest BCUT2D eigenvalue weighted by Crippen LogP contribution is -2.18. The Kier molecular flexibility index (Phi) is 5.89. The van der Waals surface area contributed by atoms with Gasteiger partial charge in [-0.2, -0.15) is 13.9 Å². The van der Waals surface area contributed by atoms with Crippen LogP contribution in [0.15, 0.2) is 17.2 Å². The number of carbonyl (C=O) groups is 1. The highest BCUT2D eigenvalue weighted by molar-refractivity contribution is 5.82. The molecule has 0 aromatic heterocycles. The maximum absolute atomic E-state index is 12.2. The van der Waals surface area contributed by atoms with Crippen LogP contribution >= 0.6 is 0 Å². The average molecular weight is 286 g/mol. The van der Waals surface area contributed by atoms with Crippen LogP contribution in [0.2, 0.25) is 0 Å². The van der Waals surface area contributed by atoms with Crippen molar-refractivity contribution in [1.82, 2.24) is 5.43 Å². The van der Waals surface area contributed by atoms with Crippen molar-refractivity contribution in [1.29, 1.82) is 0 Å². The van der Waals surface area contributed by atoms with Crippen LogP contribution in [0.25, 0.3) is 0 Å². The lowest BCUT2D eigenvalue weighted by molar-refractivity contribution is -0.0507. The molecule has 0 aliphatic heterocycles. The third-order valence-electron chi connectivity index (χ3n) is 2.33. The smallest absolute Gasteiger partial charge is 0.427 e. The first-order valence-corrected chi connectivity index (χ1v) is 5.96. The maximum atomic E-state index is 12.2. The second-order valence-electron chi connectivity index (χ2n) is 3.95. The molecule has 0 aliphatic carbocycles. The number of rotatable bonds is 5. The minimum atomic E-state index is -2.86. The fourth-order valence-corrected chi connectivity index (χ4v) is 1.66. The number of nitrogens with one attached hydrogen (secondary N) is 1. The molecule has 0 heterocycles. The molecule has 1 amide bonds. The largest absolute Gasteiger partial charge is 0.449 e. The summed E-state index contributed by atoms with van der Waals surface area (Å²) < 4.78 is 33.5. The lowest BCUT2D eigenvalue weighted by atomic mass is 10.1. The van der Waals surface area contributed by atoms with Crippen LogP contribution in [0.1, 0.15) is 23.6 Å². The van der Waals surface area contributed by atoms with Gasteiger partial charge in [-0.05, 0) is 49.6 Å². The number of benzene rings is 1. The van der Waals surface area contributed by atoms with Gasteiger partial charge in [0, 0.05) is 0 Å². The van der Waals surface area contributed by atoms with Crippen molar-refractivity contribution in [2.45, 2.75) is 27.4 Å². The second-order valence-corrected chi connectivity index (χ2v) is 3.95. The number of hydrogen-bond acceptors (Lipinski definition) is 4. The van der Waals surface area contributed by atoms with Crippen molar-refractivity contribution in [3.63, 3.8) is 0 Å². The minimum Gasteiger partial charge on any atom is -0.449 e. The normalized spacial score (nSPS) is 10.9. The number of ether oxygens (including phenoxy) is 2. The van der Waals surface area contributed by atoms with Crippen LogP contribution < -0.4 is 10.2 Å². The number of carbonyl (C=O) groups excluding carboxylic acids is 1. The molecular weight excluding hydrogens is 270 g/mol. The predicted octanol–water partition coefficient (Wildman–Crippen LogP) is 2.98. The van der Waals surface area contributed by atoms with Gasteiger partial charge in [-0.1, -0.05) is 0 Å². The Labute approximate surface area is 115 Å². The van der Waals surface area contributed by atoms with Crippen molar-refractivity contribution in [2.75, 3.05) is 6.61 Å². The summed E-state index contributed by atoms with van der Waals surface area (Å²) in [6.45, 7) is 2.37. The monoisotopic (exact) mass is 286 g/mol. The molecule has 1 aromatic rings. The van der Waals surface area contributed by atoms with Gasteiger partial charge in [0.2, 0.25) is 0 Å². The highest BCUT2D eigenvalue weighted by Crippen LogP contribution is 2.25. The summed E-state index contributed by atoms with van der Waals surface area (Å²) in [6, 6.07) is 3.25. The van der Waals surface area contributed by atoms with E-state index >= 15 is 0 Å². The molecule has 0 aliphatic rings. The van der Waals surface area contributed by atoms with Crippen LogP contribution in [-0.4, -0.2) is 25.5 Å². The Hall–Kier alpha value is -2.18. The molecule has 1 aromatic carbocycles. The number of halogens is 2. The predicted molar refractivity (Wildman–Crippen MR) is 70.3 cm³/mol. The molecule has 7 heteroatoms. The van der Waals surface area contributed by atoms with Gasteiger partial charge in [0.1, 0.15) is 5.75 Å². The highest BCUT2D eigenvalue weighted by atomic mass is 19.3. The van der Waals surface area contributed by atoms with Gasteiger partial charge in [0.15, 0.2) is 0 Å². The number of hydrogen-bond donors (Lipinski definition) is 1. The van der Waals surface area contributed by atoms with Gasteiger partial charge < -0.3 is 9.47 Å². The van der Waals surface area contributed by atoms with E-state index in [1.807, 2.05) is 0 Å². The van der Waals surface area contributed by atoms with Gasteiger partial charge in [0.05, 0.1) is 12.8 Å². The number of hydrazone groups is 1. The Morgan fingerprint density at radius 2 is 2.00 bits per heavy atom. The Morgan fingerprint density at radius 1 is 1.40 bits per heavy atom. The molecule has 0 spiro atoms. The van der Waals surface area contributed by atoms with Crippen molar-refractivity contribution in [3.8, 4) is 5.75 Å². The highest BCUT2D eigenvalue weighted by Gasteiger charge is 2.11. The zero-order chi connectivity index (χ0) is 15.1. The molecule has 0 saturated heterocycles. The molecule has 0 radical (unpaired) electrons. The van der Waals surface area contributed by atoms with Crippen LogP contribution in [0.5, 0.6) is 5.75 Å². The Balaban J connectivity index is 2.78. The standard InChI is InChI=1S/C13H16F2N2O3/c1-4-19-13(18)17-16-7-10-5-8(2)11(9(3)6-10)20-12(14)15/h5-7,12H,4H2,1-3H3,(H,17,18)/b16-7-. The zero-order valence-corrected chi connectivity index (χ0v) is 11.4. The van der Waals surface area contributed by atoms with E-state index in [0.717, 1.165) is 0 Å². The molecule has 20 heavy (non-hydrogen) atoms. The molecule has 110 valence electrons. The zero-order valence-electron chi connectivity index (χ0n) is 11.4. The average Bonchev–Trinajstić information content (AvgIpc) is 2.34. The summed E-state index contributed by atoms with van der Waals surface area (Å²) >= 11 is 0. The summed E-state index contributed by atoms with van der Waals surface area (Å²) in [4.78, 5) is 11.0. The summed E-state index contributed by atoms with van der Waals surface area (Å²) in [6.07, 6.45) is 0.734. The molecule has 0 unspecified atom stereocenters. The summed E-state index contributed by atoms with van der Waals surface area (Å²) in [5, 5.41) is 3.69. The second kappa shape index (κ2) is 7.42. The number of amides is 1. The van der Waals surface area contributed by atoms with Crippen molar-refractivity contribution < 1.29 is 23.0 Å². The topological polar surface area (TPSA) is 59.9 Å². The number of aryl methyl sites for hydroxylation is 2. The quantitative estimate of drug-likeness (QED) is 0.668. The Bertz CT molecular complexity index is 481. The summed E-state index contributed by atoms with van der Waals surface area (Å²) in [5.41, 5.74) is 3.94. The number of alkyl halides is 2. The first-order valence-electron chi connectivity index (χ1n) is 5.96. The summed E-state index contributed by atoms with van der Waals surface area (Å²) in [5.74, 6) is 0.149. The molecular formula is C13H16F2N2O3. The summed E-state index contributed by atoms with van der Waals surface area (Å²) in [7, 11) is 0. The molecule has 1 rings (SSSR count). The lowest BCUT2D eigenvalue weighted by Gasteiger charge is -2.11. The molecule has 1 N–H and O–H groups in total. The number of nitrogens with zero attached hydrogens (tertiary/aromatic N) is 1. The third kappa shape index (κ3) is 4.83. The van der Waals surface area contributed by atoms with E-state index in [2.05, 4.69) is 20.0 Å². The first kappa shape index (κ1) is 15.9. The van der Waals surface area contributed by atoms with E-state index in [1.54, 1.807) is 32.9 Å². The fourth-order valence-electron chi connectivity index (χ4n) is 1.66. The van der Waals surface area contributed by atoms with E-state index in [0.29, 0.717) is 16.7 Å². The maximum Gasteiger partial charge on any atom is 0.427 e. The van der Waals surface area contributed by atoms with E-state index in [4.69, 9.17) is 0 Å². The SMILES string of the molecule is CCOC(=O)N/N=C\c1cc(C)c(OC(F)F)c(C)c1. The van der Waals surface area contributed by atoms with E-state index in [1.165, 1.54) is 6.21 Å². The van der Waals surface area contributed by atoms with Gasteiger partial charge in [-0.25, -0.2) is 10.2 Å². The van der Waals surface area contributed by atoms with Crippen LogP contribution in [-0.2, 0) is 4.74 Å². The third-order valence-corrected chi connectivity index (χ3v) is 2.33. The minimum absolute atomic E-state index is 0.149. The van der Waals surface area contributed by atoms with E-state index in [-0.39, 0.29) is 12.4 Å². The Morgan fingerprint density at radius 3 is 2.50 bits per heavy atom. The fraction of sp³-hybridized carbons (Fsp3) is 0.385. The van der Waals surface area contributed by atoms with E-state index < -0.39 is 12.7 Å². The molecule has 0 bridgehead atoms. The van der Waals surface area contributed by atoms with Gasteiger partial charge >= 0.3 is 12.7 Å². The van der Waals surface area contributed by atoms with Gasteiger partial charge in [0.25, 0.3) is 0 Å². The van der Waals surface area contributed by atoms with E-state index in [9.17, 15) is 13.6 Å². The van der Waals surface area contributed by atoms with Crippen molar-refractivity contribution in [2.24, 2.45) is 5.10 Å². The van der Waals surface area contributed by atoms with Crippen molar-refractivity contribution >= 4 is 12.3 Å². The van der Waals surface area contributed by atoms with Gasteiger partial charge in [-0.3, -0.25) is 0 Å². The van der Waals surface area contributed by atoms with Crippen LogP contribution in [0, 0.1) is 13.8 Å². The molecule has 5 nitrogen and oxygen atoms in total. The van der Waals surface area contributed by atoms with Gasteiger partial charge in [-0.15, -0.1) is 0 Å². The first-order chi connectivity index (χ1) is 9.43. The van der Waals surface area contributed by atoms with Crippen LogP contribution in [0.4, 0.5) is 13.6 Å². The molecule has 0 saturated carbocycles. The molecule has 0 fully saturated rings.